The third kappa shape index (κ3) is 3.42. The lowest BCUT2D eigenvalue weighted by Crippen LogP contribution is -2.35. The van der Waals surface area contributed by atoms with Gasteiger partial charge in [-0.25, -0.2) is 4.99 Å². The molecular formula is C18H20ClN3. The van der Waals surface area contributed by atoms with E-state index in [1.165, 1.54) is 12.8 Å². The topological polar surface area (TPSA) is 41.6 Å². The number of nitrogens with zero attached hydrogens (tertiary/aromatic N) is 2. The molecule has 1 atom stereocenters. The third-order valence-corrected chi connectivity index (χ3v) is 4.24. The fourth-order valence-corrected chi connectivity index (χ4v) is 2.91. The van der Waals surface area contributed by atoms with E-state index in [-0.39, 0.29) is 6.04 Å². The normalized spacial score (nSPS) is 16.8. The van der Waals surface area contributed by atoms with Gasteiger partial charge in [-0.15, -0.1) is 0 Å². The van der Waals surface area contributed by atoms with Crippen molar-refractivity contribution in [3.8, 4) is 0 Å². The summed E-state index contributed by atoms with van der Waals surface area (Å²) >= 11 is 6.00. The highest BCUT2D eigenvalue weighted by Gasteiger charge is 2.18. The molecule has 1 unspecified atom stereocenters. The number of halogens is 1. The first kappa shape index (κ1) is 14.9. The maximum Gasteiger partial charge on any atom is 0.192 e. The summed E-state index contributed by atoms with van der Waals surface area (Å²) in [5, 5.41) is 0.729. The lowest BCUT2D eigenvalue weighted by molar-refractivity contribution is 0.508. The zero-order valence-corrected chi connectivity index (χ0v) is 13.2. The molecule has 2 N–H and O–H groups in total. The fourth-order valence-electron chi connectivity index (χ4n) is 2.78. The number of benzene rings is 2. The summed E-state index contributed by atoms with van der Waals surface area (Å²) in [6.45, 7) is 1.99. The van der Waals surface area contributed by atoms with Crippen molar-refractivity contribution in [2.45, 2.75) is 18.9 Å². The van der Waals surface area contributed by atoms with E-state index < -0.39 is 0 Å². The Morgan fingerprint density at radius 1 is 0.955 bits per heavy atom. The average molecular weight is 314 g/mol. The van der Waals surface area contributed by atoms with Crippen LogP contribution in [0.5, 0.6) is 0 Å². The zero-order chi connectivity index (χ0) is 15.4. The van der Waals surface area contributed by atoms with Crippen molar-refractivity contribution >= 4 is 17.6 Å². The highest BCUT2D eigenvalue weighted by Crippen LogP contribution is 2.27. The van der Waals surface area contributed by atoms with E-state index in [1.54, 1.807) is 0 Å². The smallest absolute Gasteiger partial charge is 0.192 e. The molecule has 22 heavy (non-hydrogen) atoms. The average Bonchev–Trinajstić information content (AvgIpc) is 3.09. The Morgan fingerprint density at radius 3 is 2.18 bits per heavy atom. The van der Waals surface area contributed by atoms with Crippen LogP contribution in [0, 0.1) is 0 Å². The largest absolute Gasteiger partial charge is 0.370 e. The molecule has 4 heteroatoms. The monoisotopic (exact) mass is 313 g/mol. The number of likely N-dealkylation sites (tertiary alicyclic amines) is 1. The molecule has 0 aliphatic carbocycles. The molecule has 1 fully saturated rings. The van der Waals surface area contributed by atoms with Gasteiger partial charge in [0.05, 0.1) is 0 Å². The number of hydrogen-bond acceptors (Lipinski definition) is 1. The summed E-state index contributed by atoms with van der Waals surface area (Å²) in [5.74, 6) is 0.626. The molecule has 3 nitrogen and oxygen atoms in total. The molecule has 1 aliphatic rings. The van der Waals surface area contributed by atoms with E-state index in [4.69, 9.17) is 22.3 Å². The first-order chi connectivity index (χ1) is 10.7. The van der Waals surface area contributed by atoms with Gasteiger partial charge in [-0.2, -0.15) is 0 Å². The molecule has 1 heterocycles. The maximum absolute atomic E-state index is 6.23. The van der Waals surface area contributed by atoms with Crippen LogP contribution < -0.4 is 5.73 Å². The molecule has 2 aromatic carbocycles. The number of nitrogens with two attached hydrogens (primary N) is 1. The van der Waals surface area contributed by atoms with Crippen molar-refractivity contribution in [1.29, 1.82) is 0 Å². The van der Waals surface area contributed by atoms with Gasteiger partial charge < -0.3 is 10.6 Å². The van der Waals surface area contributed by atoms with Crippen molar-refractivity contribution in [1.82, 2.24) is 4.90 Å². The van der Waals surface area contributed by atoms with Gasteiger partial charge in [0.25, 0.3) is 0 Å². The van der Waals surface area contributed by atoms with Gasteiger partial charge in [-0.05, 0) is 36.1 Å². The number of aliphatic imine (C=N–C) groups is 1. The summed E-state index contributed by atoms with van der Waals surface area (Å²) in [6, 6.07) is 18.0. The lowest BCUT2D eigenvalue weighted by Gasteiger charge is -2.20. The summed E-state index contributed by atoms with van der Waals surface area (Å²) < 4.78 is 0. The van der Waals surface area contributed by atoms with Gasteiger partial charge >= 0.3 is 0 Å². The second kappa shape index (κ2) is 6.84. The molecule has 3 rings (SSSR count). The van der Waals surface area contributed by atoms with Crippen LogP contribution in [0.15, 0.2) is 59.6 Å². The highest BCUT2D eigenvalue weighted by molar-refractivity contribution is 6.30. The van der Waals surface area contributed by atoms with E-state index >= 15 is 0 Å². The molecule has 1 saturated heterocycles. The summed E-state index contributed by atoms with van der Waals surface area (Å²) in [4.78, 5) is 6.96. The molecule has 114 valence electrons. The summed E-state index contributed by atoms with van der Waals surface area (Å²) in [7, 11) is 0. The number of rotatable bonds is 3. The SMILES string of the molecule is NC(=NC(c1ccccc1)c1ccc(Cl)cc1)N1CCCC1. The summed E-state index contributed by atoms with van der Waals surface area (Å²) in [6.07, 6.45) is 2.38. The first-order valence-electron chi connectivity index (χ1n) is 7.62. The molecule has 0 aromatic heterocycles. The quantitative estimate of drug-likeness (QED) is 0.691. The Morgan fingerprint density at radius 2 is 1.55 bits per heavy atom. The van der Waals surface area contributed by atoms with Gasteiger partial charge in [-0.1, -0.05) is 54.1 Å². The van der Waals surface area contributed by atoms with Crippen LogP contribution in [0.4, 0.5) is 0 Å². The van der Waals surface area contributed by atoms with E-state index in [1.807, 2.05) is 42.5 Å². The van der Waals surface area contributed by atoms with Gasteiger partial charge in [0.1, 0.15) is 6.04 Å². The van der Waals surface area contributed by atoms with Crippen molar-refractivity contribution < 1.29 is 0 Å². The van der Waals surface area contributed by atoms with Gasteiger partial charge in [-0.3, -0.25) is 0 Å². The van der Waals surface area contributed by atoms with Crippen LogP contribution >= 0.6 is 11.6 Å². The fraction of sp³-hybridized carbons (Fsp3) is 0.278. The van der Waals surface area contributed by atoms with Crippen LogP contribution in [-0.4, -0.2) is 23.9 Å². The second-order valence-electron chi connectivity index (χ2n) is 5.55. The Kier molecular flexibility index (Phi) is 4.64. The van der Waals surface area contributed by atoms with Gasteiger partial charge in [0, 0.05) is 18.1 Å². The minimum atomic E-state index is -0.0981. The molecule has 0 radical (unpaired) electrons. The number of hydrogen-bond donors (Lipinski definition) is 1. The predicted molar refractivity (Wildman–Crippen MR) is 92.2 cm³/mol. The molecule has 0 bridgehead atoms. The lowest BCUT2D eigenvalue weighted by atomic mass is 9.99. The van der Waals surface area contributed by atoms with E-state index in [0.29, 0.717) is 5.96 Å². The molecule has 0 amide bonds. The summed E-state index contributed by atoms with van der Waals surface area (Å²) in [5.41, 5.74) is 8.46. The van der Waals surface area contributed by atoms with Crippen molar-refractivity contribution in [3.63, 3.8) is 0 Å². The minimum absolute atomic E-state index is 0.0981. The minimum Gasteiger partial charge on any atom is -0.370 e. The maximum atomic E-state index is 6.23. The van der Waals surface area contributed by atoms with E-state index in [0.717, 1.165) is 29.2 Å². The Balaban J connectivity index is 1.95. The van der Waals surface area contributed by atoms with Crippen LogP contribution in [-0.2, 0) is 0 Å². The van der Waals surface area contributed by atoms with Crippen LogP contribution in [0.3, 0.4) is 0 Å². The molecule has 2 aromatic rings. The van der Waals surface area contributed by atoms with Crippen molar-refractivity contribution in [2.75, 3.05) is 13.1 Å². The van der Waals surface area contributed by atoms with Crippen molar-refractivity contribution in [2.24, 2.45) is 10.7 Å². The second-order valence-corrected chi connectivity index (χ2v) is 5.98. The van der Waals surface area contributed by atoms with Gasteiger partial charge in [0.2, 0.25) is 0 Å². The Labute approximate surface area is 136 Å². The number of guanidine groups is 1. The molecule has 0 saturated carbocycles. The van der Waals surface area contributed by atoms with Crippen LogP contribution in [0.1, 0.15) is 30.0 Å². The standard InChI is InChI=1S/C18H20ClN3/c19-16-10-8-15(9-11-16)17(14-6-2-1-3-7-14)21-18(20)22-12-4-5-13-22/h1-3,6-11,17H,4-5,12-13H2,(H2,20,21). The third-order valence-electron chi connectivity index (χ3n) is 3.99. The van der Waals surface area contributed by atoms with E-state index in [2.05, 4.69) is 17.0 Å². The first-order valence-corrected chi connectivity index (χ1v) is 8.00. The predicted octanol–water partition coefficient (Wildman–Crippen LogP) is 3.84. The van der Waals surface area contributed by atoms with E-state index in [9.17, 15) is 0 Å². The Bertz CT molecular complexity index is 631. The Hall–Kier alpha value is -2.00. The molecule has 1 aliphatic heterocycles. The molecular weight excluding hydrogens is 294 g/mol. The highest BCUT2D eigenvalue weighted by atomic mass is 35.5. The molecule has 0 spiro atoms. The van der Waals surface area contributed by atoms with Crippen LogP contribution in [0.25, 0.3) is 0 Å². The van der Waals surface area contributed by atoms with Crippen LogP contribution in [0.2, 0.25) is 5.02 Å². The van der Waals surface area contributed by atoms with Gasteiger partial charge in [0.15, 0.2) is 5.96 Å². The zero-order valence-electron chi connectivity index (χ0n) is 12.5. The van der Waals surface area contributed by atoms with Crippen molar-refractivity contribution in [3.05, 3.63) is 70.7 Å².